The molecule has 0 amide bonds. The predicted molar refractivity (Wildman–Crippen MR) is 119 cm³/mol. The molecule has 0 atom stereocenters. The van der Waals surface area contributed by atoms with Gasteiger partial charge in [0.2, 0.25) is 0 Å². The lowest BCUT2D eigenvalue weighted by atomic mass is 9.98. The summed E-state index contributed by atoms with van der Waals surface area (Å²) in [6.07, 6.45) is 8.49. The maximum absolute atomic E-state index is 12.5. The van der Waals surface area contributed by atoms with E-state index in [2.05, 4.69) is 18.8 Å². The fourth-order valence-corrected chi connectivity index (χ4v) is 3.71. The maximum atomic E-state index is 12.5. The Morgan fingerprint density at radius 1 is 0.690 bits per heavy atom. The first-order valence-corrected chi connectivity index (χ1v) is 10.7. The van der Waals surface area contributed by atoms with E-state index in [-0.39, 0.29) is 11.6 Å². The first kappa shape index (κ1) is 20.9. The van der Waals surface area contributed by atoms with Crippen LogP contribution in [-0.4, -0.2) is 16.6 Å². The Morgan fingerprint density at radius 3 is 1.83 bits per heavy atom. The van der Waals surface area contributed by atoms with E-state index in [0.29, 0.717) is 16.8 Å². The van der Waals surface area contributed by atoms with Crippen molar-refractivity contribution in [3.63, 3.8) is 0 Å². The summed E-state index contributed by atoms with van der Waals surface area (Å²) < 4.78 is 0. The molecule has 0 aliphatic heterocycles. The minimum atomic E-state index is -0.799. The lowest BCUT2D eigenvalue weighted by Crippen LogP contribution is -2.14. The van der Waals surface area contributed by atoms with Crippen molar-refractivity contribution in [2.45, 2.75) is 58.3 Å². The molecule has 1 aliphatic rings. The maximum Gasteiger partial charge on any atom is 0.180 e. The SMILES string of the molecule is CCCCCCCC.O=C1c2ccccc2C(=O)C1c1ccc2ccccc2n1. The number of carbonyl (C=O) groups is 2. The van der Waals surface area contributed by atoms with Gasteiger partial charge in [0.1, 0.15) is 5.92 Å². The normalized spacial score (nSPS) is 13.3. The van der Waals surface area contributed by atoms with Crippen molar-refractivity contribution < 1.29 is 9.59 Å². The summed E-state index contributed by atoms with van der Waals surface area (Å²) in [6, 6.07) is 18.3. The number of benzene rings is 2. The van der Waals surface area contributed by atoms with Gasteiger partial charge in [-0.05, 0) is 12.1 Å². The second-order valence-corrected chi connectivity index (χ2v) is 7.55. The Balaban J connectivity index is 0.000000258. The first-order chi connectivity index (χ1) is 14.2. The van der Waals surface area contributed by atoms with E-state index >= 15 is 0 Å². The molecule has 1 aromatic heterocycles. The van der Waals surface area contributed by atoms with E-state index in [1.54, 1.807) is 30.3 Å². The van der Waals surface area contributed by atoms with Crippen LogP contribution >= 0.6 is 0 Å². The third-order valence-corrected chi connectivity index (χ3v) is 5.36. The molecule has 2 aromatic carbocycles. The van der Waals surface area contributed by atoms with Crippen molar-refractivity contribution in [1.29, 1.82) is 0 Å². The van der Waals surface area contributed by atoms with Gasteiger partial charge in [-0.3, -0.25) is 14.6 Å². The molecular weight excluding hydrogens is 358 g/mol. The van der Waals surface area contributed by atoms with Crippen LogP contribution in [0.4, 0.5) is 0 Å². The zero-order valence-corrected chi connectivity index (χ0v) is 17.4. The Labute approximate surface area is 173 Å². The standard InChI is InChI=1S/C18H11NO2.C8H18/c20-17-12-6-2-3-7-13(12)18(21)16(17)15-10-9-11-5-1-4-8-14(11)19-15;1-3-5-7-8-6-4-2/h1-10,16H;3-8H2,1-2H3. The highest BCUT2D eigenvalue weighted by molar-refractivity contribution is 6.29. The molecule has 0 saturated heterocycles. The average molecular weight is 388 g/mol. The van der Waals surface area contributed by atoms with Crippen LogP contribution in [0.5, 0.6) is 0 Å². The fourth-order valence-electron chi connectivity index (χ4n) is 3.71. The van der Waals surface area contributed by atoms with Crippen LogP contribution in [0.15, 0.2) is 60.7 Å². The Hall–Kier alpha value is -2.81. The second-order valence-electron chi connectivity index (χ2n) is 7.55. The summed E-state index contributed by atoms with van der Waals surface area (Å²) in [5, 5.41) is 0.997. The smallest absolute Gasteiger partial charge is 0.180 e. The molecule has 3 aromatic rings. The number of unbranched alkanes of at least 4 members (excludes halogenated alkanes) is 5. The van der Waals surface area contributed by atoms with Gasteiger partial charge < -0.3 is 0 Å². The second kappa shape index (κ2) is 10.1. The number of aromatic nitrogens is 1. The van der Waals surface area contributed by atoms with E-state index in [1.165, 1.54) is 38.5 Å². The highest BCUT2D eigenvalue weighted by Crippen LogP contribution is 2.33. The van der Waals surface area contributed by atoms with Crippen molar-refractivity contribution in [2.75, 3.05) is 0 Å². The van der Waals surface area contributed by atoms with Gasteiger partial charge in [-0.25, -0.2) is 0 Å². The number of rotatable bonds is 6. The van der Waals surface area contributed by atoms with Crippen LogP contribution in [0.25, 0.3) is 10.9 Å². The first-order valence-electron chi connectivity index (χ1n) is 10.7. The van der Waals surface area contributed by atoms with Gasteiger partial charge in [0.25, 0.3) is 0 Å². The summed E-state index contributed by atoms with van der Waals surface area (Å²) in [4.78, 5) is 29.5. The highest BCUT2D eigenvalue weighted by atomic mass is 16.2. The largest absolute Gasteiger partial charge is 0.293 e. The van der Waals surface area contributed by atoms with Crippen LogP contribution in [0.3, 0.4) is 0 Å². The van der Waals surface area contributed by atoms with Gasteiger partial charge in [0.15, 0.2) is 11.6 Å². The number of Topliss-reactive ketones (excluding diaryl/α,β-unsaturated/α-hetero) is 2. The van der Waals surface area contributed by atoms with E-state index in [4.69, 9.17) is 0 Å². The lowest BCUT2D eigenvalue weighted by molar-refractivity contribution is 0.0888. The molecule has 0 bridgehead atoms. The van der Waals surface area contributed by atoms with Crippen LogP contribution in [0.1, 0.15) is 84.7 Å². The van der Waals surface area contributed by atoms with Crippen molar-refractivity contribution in [3.05, 3.63) is 77.5 Å². The average Bonchev–Trinajstić information content (AvgIpc) is 3.02. The number of pyridine rings is 1. The summed E-state index contributed by atoms with van der Waals surface area (Å²) >= 11 is 0. The molecule has 0 unspecified atom stereocenters. The molecule has 3 nitrogen and oxygen atoms in total. The molecule has 150 valence electrons. The Morgan fingerprint density at radius 2 is 1.24 bits per heavy atom. The van der Waals surface area contributed by atoms with E-state index in [9.17, 15) is 9.59 Å². The highest BCUT2D eigenvalue weighted by Gasteiger charge is 2.40. The summed E-state index contributed by atoms with van der Waals surface area (Å²) in [6.45, 7) is 4.51. The van der Waals surface area contributed by atoms with Gasteiger partial charge >= 0.3 is 0 Å². The molecule has 0 spiro atoms. The molecule has 3 heteroatoms. The number of hydrogen-bond acceptors (Lipinski definition) is 3. The fraction of sp³-hybridized carbons (Fsp3) is 0.346. The minimum Gasteiger partial charge on any atom is -0.293 e. The summed E-state index contributed by atoms with van der Waals surface area (Å²) in [5.74, 6) is -1.11. The lowest BCUT2D eigenvalue weighted by Gasteiger charge is -2.07. The van der Waals surface area contributed by atoms with Crippen LogP contribution in [0.2, 0.25) is 0 Å². The number of carbonyl (C=O) groups excluding carboxylic acids is 2. The Kier molecular flexibility index (Phi) is 7.29. The molecule has 0 fully saturated rings. The third kappa shape index (κ3) is 4.79. The van der Waals surface area contributed by atoms with Crippen molar-refractivity contribution in [2.24, 2.45) is 0 Å². The van der Waals surface area contributed by atoms with Crippen molar-refractivity contribution in [1.82, 2.24) is 4.98 Å². The summed E-state index contributed by atoms with van der Waals surface area (Å²) in [7, 11) is 0. The molecule has 29 heavy (non-hydrogen) atoms. The van der Waals surface area contributed by atoms with Gasteiger partial charge in [0.05, 0.1) is 11.2 Å². The van der Waals surface area contributed by atoms with Crippen LogP contribution < -0.4 is 0 Å². The van der Waals surface area contributed by atoms with Gasteiger partial charge in [0, 0.05) is 16.5 Å². The van der Waals surface area contributed by atoms with E-state index in [1.807, 2.05) is 30.3 Å². The van der Waals surface area contributed by atoms with Crippen LogP contribution in [0, 0.1) is 0 Å². The monoisotopic (exact) mass is 387 g/mol. The zero-order valence-electron chi connectivity index (χ0n) is 17.4. The summed E-state index contributed by atoms with van der Waals surface area (Å²) in [5.41, 5.74) is 2.33. The molecule has 0 radical (unpaired) electrons. The van der Waals surface area contributed by atoms with Crippen molar-refractivity contribution >= 4 is 22.5 Å². The van der Waals surface area contributed by atoms with Gasteiger partial charge in [-0.15, -0.1) is 0 Å². The Bertz CT molecular complexity index is 952. The topological polar surface area (TPSA) is 47.0 Å². The van der Waals surface area contributed by atoms with Crippen LogP contribution in [-0.2, 0) is 0 Å². The predicted octanol–water partition coefficient (Wildman–Crippen LogP) is 6.76. The van der Waals surface area contributed by atoms with Gasteiger partial charge in [-0.1, -0.05) is 101 Å². The third-order valence-electron chi connectivity index (χ3n) is 5.36. The molecule has 0 saturated carbocycles. The van der Waals surface area contributed by atoms with E-state index < -0.39 is 5.92 Å². The van der Waals surface area contributed by atoms with Crippen molar-refractivity contribution in [3.8, 4) is 0 Å². The number of para-hydroxylation sites is 1. The molecule has 4 rings (SSSR count). The molecule has 1 heterocycles. The molecule has 0 N–H and O–H groups in total. The minimum absolute atomic E-state index is 0.154. The molecular formula is C26H29NO2. The number of hydrogen-bond donors (Lipinski definition) is 0. The number of fused-ring (bicyclic) bond motifs is 2. The number of nitrogens with zero attached hydrogens (tertiary/aromatic N) is 1. The molecule has 1 aliphatic carbocycles. The quantitative estimate of drug-likeness (QED) is 0.346. The van der Waals surface area contributed by atoms with Gasteiger partial charge in [-0.2, -0.15) is 0 Å². The van der Waals surface area contributed by atoms with E-state index in [0.717, 1.165) is 10.9 Å². The zero-order chi connectivity index (χ0) is 20.6. The number of ketones is 2.